The van der Waals surface area contributed by atoms with Crippen LogP contribution in [0.1, 0.15) is 6.23 Å². The number of aliphatic hydroxyl groups is 3. The summed E-state index contributed by atoms with van der Waals surface area (Å²) in [5.74, 6) is 0. The van der Waals surface area contributed by atoms with E-state index in [9.17, 15) is 23.4 Å². The van der Waals surface area contributed by atoms with Crippen LogP contribution in [-0.2, 0) is 4.74 Å². The molecule has 4 unspecified atom stereocenters. The van der Waals surface area contributed by atoms with Crippen molar-refractivity contribution in [1.82, 2.24) is 9.55 Å². The number of ether oxygens (including phenoxy) is 1. The highest BCUT2D eigenvalue weighted by atomic mass is 32.1. The predicted octanol–water partition coefficient (Wildman–Crippen LogP) is 0.819. The predicted molar refractivity (Wildman–Crippen MR) is 68.5 cm³/mol. The molecule has 1 fully saturated rings. The zero-order valence-corrected chi connectivity index (χ0v) is 11.9. The first-order valence-corrected chi connectivity index (χ1v) is 6.49. The molecule has 1 aromatic heterocycles. The Morgan fingerprint density at radius 3 is 2.52 bits per heavy atom. The molecule has 0 amide bonds. The highest BCUT2D eigenvalue weighted by Crippen LogP contribution is 2.48. The maximum absolute atomic E-state index is 13.2. The van der Waals surface area contributed by atoms with Gasteiger partial charge in [-0.3, -0.25) is 4.57 Å². The van der Waals surface area contributed by atoms with Gasteiger partial charge >= 0.3 is 6.18 Å². The third-order valence-corrected chi connectivity index (χ3v) is 3.77. The summed E-state index contributed by atoms with van der Waals surface area (Å²) < 4.78 is 45.3. The molecule has 1 aromatic rings. The minimum Gasteiger partial charge on any atom is -0.394 e. The maximum Gasteiger partial charge on any atom is 0.424 e. The van der Waals surface area contributed by atoms with Crippen molar-refractivity contribution in [3.63, 3.8) is 0 Å². The normalized spacial score (nSPS) is 33.3. The van der Waals surface area contributed by atoms with Gasteiger partial charge in [0.25, 0.3) is 0 Å². The number of nitrogens with zero attached hydrogens (tertiary/aromatic N) is 1. The van der Waals surface area contributed by atoms with Crippen molar-refractivity contribution in [3.8, 4) is 0 Å². The molecule has 0 aromatic carbocycles. The summed E-state index contributed by atoms with van der Waals surface area (Å²) >= 11 is 9.64. The molecule has 1 saturated heterocycles. The number of halogens is 3. The van der Waals surface area contributed by atoms with Crippen molar-refractivity contribution in [2.75, 3.05) is 6.61 Å². The van der Waals surface area contributed by atoms with Crippen molar-refractivity contribution in [3.05, 3.63) is 21.7 Å². The van der Waals surface area contributed by atoms with E-state index in [0.29, 0.717) is 0 Å². The number of aliphatic hydroxyl groups excluding tert-OH is 2. The molecule has 2 rings (SSSR count). The summed E-state index contributed by atoms with van der Waals surface area (Å²) in [7, 11) is 0. The van der Waals surface area contributed by atoms with E-state index in [4.69, 9.17) is 34.3 Å². The molecule has 6 nitrogen and oxygen atoms in total. The van der Waals surface area contributed by atoms with Gasteiger partial charge < -0.3 is 25.0 Å². The van der Waals surface area contributed by atoms with Crippen LogP contribution in [0.25, 0.3) is 0 Å². The Bertz CT molecular complexity index is 646. The molecular weight excluding hydrogens is 333 g/mol. The number of aromatic nitrogens is 2. The fourth-order valence-corrected chi connectivity index (χ4v) is 2.60. The molecule has 21 heavy (non-hydrogen) atoms. The van der Waals surface area contributed by atoms with Crippen molar-refractivity contribution >= 4 is 24.4 Å². The number of hydrogen-bond donors (Lipinski definition) is 4. The van der Waals surface area contributed by atoms with Gasteiger partial charge in [0.2, 0.25) is 5.60 Å². The van der Waals surface area contributed by atoms with E-state index in [2.05, 4.69) is 4.98 Å². The van der Waals surface area contributed by atoms with Gasteiger partial charge in [0, 0.05) is 6.20 Å². The molecule has 1 aliphatic heterocycles. The van der Waals surface area contributed by atoms with Crippen molar-refractivity contribution in [2.24, 2.45) is 0 Å². The number of nitrogens with one attached hydrogen (secondary N) is 1. The summed E-state index contributed by atoms with van der Waals surface area (Å²) in [5.41, 5.74) is -3.62. The van der Waals surface area contributed by atoms with E-state index in [1.165, 1.54) is 6.07 Å². The van der Waals surface area contributed by atoms with Gasteiger partial charge in [0.05, 0.1) is 6.61 Å². The van der Waals surface area contributed by atoms with Crippen LogP contribution >= 0.6 is 24.4 Å². The van der Waals surface area contributed by atoms with Crippen LogP contribution in [0.3, 0.4) is 0 Å². The minimum absolute atomic E-state index is 0.184. The smallest absolute Gasteiger partial charge is 0.394 e. The first-order valence-electron chi connectivity index (χ1n) is 5.68. The van der Waals surface area contributed by atoms with E-state index in [-0.39, 0.29) is 9.41 Å². The third kappa shape index (κ3) is 2.53. The van der Waals surface area contributed by atoms with E-state index in [0.717, 1.165) is 10.8 Å². The highest BCUT2D eigenvalue weighted by molar-refractivity contribution is 7.72. The fraction of sp³-hybridized carbons (Fsp3) is 0.600. The fourth-order valence-electron chi connectivity index (χ4n) is 2.11. The summed E-state index contributed by atoms with van der Waals surface area (Å²) in [6.45, 7) is -0.897. The minimum atomic E-state index is -5.21. The Morgan fingerprint density at radius 1 is 1.43 bits per heavy atom. The summed E-state index contributed by atoms with van der Waals surface area (Å²) in [6, 6.07) is 1.25. The van der Waals surface area contributed by atoms with Crippen LogP contribution in [0.15, 0.2) is 12.3 Å². The van der Waals surface area contributed by atoms with Crippen LogP contribution in [0.2, 0.25) is 0 Å². The number of rotatable bonds is 2. The highest BCUT2D eigenvalue weighted by Gasteiger charge is 2.70. The average Bonchev–Trinajstić information content (AvgIpc) is 2.63. The lowest BCUT2D eigenvalue weighted by atomic mass is 9.93. The molecule has 2 heterocycles. The molecule has 118 valence electrons. The number of aromatic amines is 1. The van der Waals surface area contributed by atoms with Gasteiger partial charge in [-0.15, -0.1) is 0 Å². The molecule has 4 N–H and O–H groups in total. The van der Waals surface area contributed by atoms with Gasteiger partial charge in [-0.25, -0.2) is 0 Å². The van der Waals surface area contributed by atoms with E-state index >= 15 is 0 Å². The lowest BCUT2D eigenvalue weighted by molar-refractivity contribution is -0.304. The molecule has 0 aliphatic carbocycles. The number of alkyl halides is 3. The topological polar surface area (TPSA) is 90.6 Å². The lowest BCUT2D eigenvalue weighted by Crippen LogP contribution is -2.57. The first kappa shape index (κ1) is 16.5. The molecule has 0 radical (unpaired) electrons. The average molecular weight is 344 g/mol. The molecule has 0 saturated carbocycles. The number of hydrogen-bond acceptors (Lipinski definition) is 6. The van der Waals surface area contributed by atoms with E-state index in [1.807, 2.05) is 0 Å². The van der Waals surface area contributed by atoms with Gasteiger partial charge in [-0.2, -0.15) is 13.2 Å². The molecule has 0 bridgehead atoms. The van der Waals surface area contributed by atoms with Crippen LogP contribution in [0.4, 0.5) is 13.2 Å². The first-order chi connectivity index (χ1) is 9.62. The standard InChI is InChI=1S/C10H11F3N2O4S2/c11-10(12,13)9(18)6(17)4(3-16)19-7(9)15-2-1-5(20)14-8(15)21/h1-2,4,6-7,16-18H,3H2,(H,14,20,21). The Morgan fingerprint density at radius 2 is 2.05 bits per heavy atom. The van der Waals surface area contributed by atoms with Gasteiger partial charge in [0.15, 0.2) is 11.0 Å². The third-order valence-electron chi connectivity index (χ3n) is 3.22. The van der Waals surface area contributed by atoms with Crippen LogP contribution in [0, 0.1) is 9.41 Å². The maximum atomic E-state index is 13.2. The van der Waals surface area contributed by atoms with Crippen molar-refractivity contribution in [2.45, 2.75) is 30.2 Å². The summed E-state index contributed by atoms with van der Waals surface area (Å²) in [4.78, 5) is 2.44. The Balaban J connectivity index is 2.60. The van der Waals surface area contributed by atoms with Gasteiger partial charge in [-0.1, -0.05) is 12.2 Å². The second-order valence-electron chi connectivity index (χ2n) is 4.49. The number of H-pyrrole nitrogens is 1. The van der Waals surface area contributed by atoms with Crippen molar-refractivity contribution in [1.29, 1.82) is 0 Å². The molecular formula is C10H11F3N2O4S2. The molecule has 4 atom stereocenters. The summed E-state index contributed by atoms with van der Waals surface area (Å²) in [5, 5.41) is 28.7. The van der Waals surface area contributed by atoms with Crippen LogP contribution in [-0.4, -0.2) is 55.5 Å². The van der Waals surface area contributed by atoms with Crippen LogP contribution < -0.4 is 0 Å². The Kier molecular flexibility index (Phi) is 4.26. The molecule has 11 heteroatoms. The monoisotopic (exact) mass is 344 g/mol. The summed E-state index contributed by atoms with van der Waals surface area (Å²) in [6.07, 6.45) is -10.1. The molecule has 0 spiro atoms. The second-order valence-corrected chi connectivity index (χ2v) is 5.32. The largest absolute Gasteiger partial charge is 0.424 e. The quantitative estimate of drug-likeness (QED) is 0.594. The Labute approximate surface area is 126 Å². The van der Waals surface area contributed by atoms with Gasteiger partial charge in [0.1, 0.15) is 16.8 Å². The second kappa shape index (κ2) is 5.41. The SMILES string of the molecule is OCC1OC(n2ccc(=S)[nH]c2=S)C(O)(C(F)(F)F)C1O. The zero-order valence-electron chi connectivity index (χ0n) is 10.2. The Hall–Kier alpha value is -0.850. The zero-order chi connectivity index (χ0) is 16.0. The lowest BCUT2D eigenvalue weighted by Gasteiger charge is -2.33. The van der Waals surface area contributed by atoms with E-state index < -0.39 is 36.8 Å². The van der Waals surface area contributed by atoms with Gasteiger partial charge in [-0.05, 0) is 18.3 Å². The van der Waals surface area contributed by atoms with Crippen molar-refractivity contribution < 1.29 is 33.2 Å². The molecule has 1 aliphatic rings. The van der Waals surface area contributed by atoms with E-state index in [1.54, 1.807) is 0 Å². The van der Waals surface area contributed by atoms with Crippen LogP contribution in [0.5, 0.6) is 0 Å².